The molecule has 0 aliphatic rings. The Morgan fingerprint density at radius 1 is 1.69 bits per heavy atom. The number of hydrogen-bond donors (Lipinski definition) is 2. The van der Waals surface area contributed by atoms with E-state index >= 15 is 0 Å². The number of nitrogens with zero attached hydrogens (tertiary/aromatic N) is 2. The van der Waals surface area contributed by atoms with Crippen LogP contribution in [0.5, 0.6) is 0 Å². The predicted molar refractivity (Wildman–Crippen MR) is 58.9 cm³/mol. The lowest BCUT2D eigenvalue weighted by molar-refractivity contribution is 0.0951. The van der Waals surface area contributed by atoms with Crippen molar-refractivity contribution in [3.8, 4) is 0 Å². The number of carbonyl (C=O) groups is 1. The summed E-state index contributed by atoms with van der Waals surface area (Å²) in [4.78, 5) is 16.1. The lowest BCUT2D eigenvalue weighted by atomic mass is 10.4. The Labute approximate surface area is 95.5 Å². The number of anilines is 1. The number of nitrogens with one attached hydrogen (secondary N) is 1. The SMILES string of the molecule is Cc1noc(CNC(=O)c2sccc2N)n1. The highest BCUT2D eigenvalue weighted by atomic mass is 32.1. The number of aryl methyl sites for hydroxylation is 1. The number of nitrogens with two attached hydrogens (primary N) is 1. The first kappa shape index (κ1) is 10.6. The summed E-state index contributed by atoms with van der Waals surface area (Å²) in [6.07, 6.45) is 0. The average Bonchev–Trinajstić information content (AvgIpc) is 2.84. The maximum absolute atomic E-state index is 11.6. The molecule has 2 aromatic rings. The maximum Gasteiger partial charge on any atom is 0.263 e. The number of thiophene rings is 1. The molecular weight excluding hydrogens is 228 g/mol. The minimum Gasteiger partial charge on any atom is -0.397 e. The smallest absolute Gasteiger partial charge is 0.263 e. The van der Waals surface area contributed by atoms with Crippen LogP contribution in [0.2, 0.25) is 0 Å². The summed E-state index contributed by atoms with van der Waals surface area (Å²) in [5.74, 6) is 0.684. The van der Waals surface area contributed by atoms with Crippen LogP contribution in [-0.2, 0) is 6.54 Å². The van der Waals surface area contributed by atoms with Gasteiger partial charge in [0.2, 0.25) is 5.89 Å². The van der Waals surface area contributed by atoms with Crippen molar-refractivity contribution < 1.29 is 9.32 Å². The molecule has 0 radical (unpaired) electrons. The monoisotopic (exact) mass is 238 g/mol. The summed E-state index contributed by atoms with van der Waals surface area (Å²) >= 11 is 1.29. The molecule has 0 spiro atoms. The van der Waals surface area contributed by atoms with E-state index in [1.807, 2.05) is 0 Å². The molecule has 0 atom stereocenters. The van der Waals surface area contributed by atoms with E-state index in [9.17, 15) is 4.79 Å². The maximum atomic E-state index is 11.6. The van der Waals surface area contributed by atoms with Gasteiger partial charge in [0.15, 0.2) is 5.82 Å². The predicted octanol–water partition coefficient (Wildman–Crippen LogP) is 0.952. The van der Waals surface area contributed by atoms with Crippen molar-refractivity contribution in [3.63, 3.8) is 0 Å². The highest BCUT2D eigenvalue weighted by Gasteiger charge is 2.12. The first-order chi connectivity index (χ1) is 7.66. The molecule has 0 aliphatic heterocycles. The molecule has 6 nitrogen and oxygen atoms in total. The summed E-state index contributed by atoms with van der Waals surface area (Å²) in [6, 6.07) is 1.69. The van der Waals surface area contributed by atoms with Crippen LogP contribution in [0.4, 0.5) is 5.69 Å². The third kappa shape index (κ3) is 2.19. The van der Waals surface area contributed by atoms with Gasteiger partial charge < -0.3 is 15.6 Å². The Hall–Kier alpha value is -1.89. The van der Waals surface area contributed by atoms with Gasteiger partial charge in [0.1, 0.15) is 4.88 Å². The molecule has 1 amide bonds. The van der Waals surface area contributed by atoms with E-state index in [2.05, 4.69) is 15.5 Å². The van der Waals surface area contributed by atoms with Crippen molar-refractivity contribution in [2.24, 2.45) is 0 Å². The Morgan fingerprint density at radius 3 is 3.06 bits per heavy atom. The van der Waals surface area contributed by atoms with Crippen LogP contribution < -0.4 is 11.1 Å². The zero-order chi connectivity index (χ0) is 11.5. The molecule has 2 aromatic heterocycles. The van der Waals surface area contributed by atoms with Crippen LogP contribution >= 0.6 is 11.3 Å². The van der Waals surface area contributed by atoms with E-state index in [0.29, 0.717) is 22.3 Å². The fraction of sp³-hybridized carbons (Fsp3) is 0.222. The van der Waals surface area contributed by atoms with Crippen LogP contribution in [0.25, 0.3) is 0 Å². The molecule has 7 heteroatoms. The molecule has 0 fully saturated rings. The van der Waals surface area contributed by atoms with Gasteiger partial charge in [0.05, 0.1) is 12.2 Å². The molecule has 2 heterocycles. The summed E-state index contributed by atoms with van der Waals surface area (Å²) in [6.45, 7) is 1.92. The van der Waals surface area contributed by atoms with Crippen molar-refractivity contribution in [1.82, 2.24) is 15.5 Å². The summed E-state index contributed by atoms with van der Waals surface area (Å²) in [7, 11) is 0. The Morgan fingerprint density at radius 2 is 2.50 bits per heavy atom. The van der Waals surface area contributed by atoms with Gasteiger partial charge in [0, 0.05) is 0 Å². The molecule has 0 saturated carbocycles. The van der Waals surface area contributed by atoms with Crippen LogP contribution in [0, 0.1) is 6.92 Å². The van der Waals surface area contributed by atoms with Crippen LogP contribution in [-0.4, -0.2) is 16.0 Å². The Kier molecular flexibility index (Phi) is 2.86. The van der Waals surface area contributed by atoms with Crippen LogP contribution in [0.15, 0.2) is 16.0 Å². The average molecular weight is 238 g/mol. The number of carbonyl (C=O) groups excluding carboxylic acids is 1. The molecule has 0 aromatic carbocycles. The van der Waals surface area contributed by atoms with Gasteiger partial charge in [-0.1, -0.05) is 5.16 Å². The molecule has 2 rings (SSSR count). The van der Waals surface area contributed by atoms with Crippen LogP contribution in [0.3, 0.4) is 0 Å². The van der Waals surface area contributed by atoms with Gasteiger partial charge in [-0.25, -0.2) is 0 Å². The highest BCUT2D eigenvalue weighted by Crippen LogP contribution is 2.18. The van der Waals surface area contributed by atoms with Crippen molar-refractivity contribution >= 4 is 22.9 Å². The Balaban J connectivity index is 1.96. The number of aromatic nitrogens is 2. The van der Waals surface area contributed by atoms with E-state index in [4.69, 9.17) is 10.3 Å². The minimum atomic E-state index is -0.233. The molecule has 0 unspecified atom stereocenters. The van der Waals surface area contributed by atoms with Crippen molar-refractivity contribution in [2.45, 2.75) is 13.5 Å². The lowest BCUT2D eigenvalue weighted by Gasteiger charge is -2.00. The van der Waals surface area contributed by atoms with Crippen molar-refractivity contribution in [1.29, 1.82) is 0 Å². The van der Waals surface area contributed by atoms with E-state index in [1.54, 1.807) is 18.4 Å². The van der Waals surface area contributed by atoms with Gasteiger partial charge in [0.25, 0.3) is 5.91 Å². The molecular formula is C9H10N4O2S. The Bertz CT molecular complexity index is 505. The number of amides is 1. The topological polar surface area (TPSA) is 94.0 Å². The van der Waals surface area contributed by atoms with Crippen molar-refractivity contribution in [3.05, 3.63) is 28.0 Å². The second-order valence-electron chi connectivity index (χ2n) is 3.12. The van der Waals surface area contributed by atoms with Gasteiger partial charge in [-0.15, -0.1) is 11.3 Å². The number of nitrogen functional groups attached to an aromatic ring is 1. The molecule has 84 valence electrons. The standard InChI is InChI=1S/C9H10N4O2S/c1-5-12-7(15-13-5)4-11-9(14)8-6(10)2-3-16-8/h2-3H,4,10H2,1H3,(H,11,14). The third-order valence-corrected chi connectivity index (χ3v) is 2.80. The van der Waals surface area contributed by atoms with E-state index < -0.39 is 0 Å². The summed E-state index contributed by atoms with van der Waals surface area (Å²) in [5.41, 5.74) is 6.09. The van der Waals surface area contributed by atoms with Gasteiger partial charge in [-0.3, -0.25) is 4.79 Å². The number of rotatable bonds is 3. The van der Waals surface area contributed by atoms with Crippen molar-refractivity contribution in [2.75, 3.05) is 5.73 Å². The van der Waals surface area contributed by atoms with Gasteiger partial charge in [-0.2, -0.15) is 4.98 Å². The quantitative estimate of drug-likeness (QED) is 0.830. The van der Waals surface area contributed by atoms with E-state index in [0.717, 1.165) is 0 Å². The molecule has 0 bridgehead atoms. The highest BCUT2D eigenvalue weighted by molar-refractivity contribution is 7.12. The second-order valence-corrected chi connectivity index (χ2v) is 4.04. The fourth-order valence-electron chi connectivity index (χ4n) is 1.15. The summed E-state index contributed by atoms with van der Waals surface area (Å²) < 4.78 is 4.86. The molecule has 3 N–H and O–H groups in total. The first-order valence-corrected chi connectivity index (χ1v) is 5.45. The van der Waals surface area contributed by atoms with E-state index in [-0.39, 0.29) is 12.5 Å². The minimum absolute atomic E-state index is 0.205. The first-order valence-electron chi connectivity index (χ1n) is 4.57. The normalized spacial score (nSPS) is 10.3. The zero-order valence-corrected chi connectivity index (χ0v) is 9.37. The van der Waals surface area contributed by atoms with E-state index in [1.165, 1.54) is 11.3 Å². The molecule has 0 saturated heterocycles. The van der Waals surface area contributed by atoms with Gasteiger partial charge in [-0.05, 0) is 18.4 Å². The fourth-order valence-corrected chi connectivity index (χ4v) is 1.89. The largest absolute Gasteiger partial charge is 0.397 e. The zero-order valence-electron chi connectivity index (χ0n) is 8.56. The summed E-state index contributed by atoms with van der Waals surface area (Å²) in [5, 5.41) is 8.03. The van der Waals surface area contributed by atoms with Crippen LogP contribution in [0.1, 0.15) is 21.4 Å². The lowest BCUT2D eigenvalue weighted by Crippen LogP contribution is -2.22. The number of hydrogen-bond acceptors (Lipinski definition) is 6. The second kappa shape index (κ2) is 4.31. The molecule has 16 heavy (non-hydrogen) atoms. The van der Waals surface area contributed by atoms with Gasteiger partial charge >= 0.3 is 0 Å². The molecule has 0 aliphatic carbocycles. The third-order valence-electron chi connectivity index (χ3n) is 1.87.